The van der Waals surface area contributed by atoms with Gasteiger partial charge in [0.2, 0.25) is 0 Å². The van der Waals surface area contributed by atoms with Gasteiger partial charge in [0.05, 0.1) is 12.8 Å². The summed E-state index contributed by atoms with van der Waals surface area (Å²) >= 11 is 0. The van der Waals surface area contributed by atoms with E-state index in [-0.39, 0.29) is 5.91 Å². The van der Waals surface area contributed by atoms with E-state index in [0.29, 0.717) is 17.8 Å². The van der Waals surface area contributed by atoms with Crippen LogP contribution in [0.15, 0.2) is 65.4 Å². The Balaban J connectivity index is 1.21. The van der Waals surface area contributed by atoms with E-state index < -0.39 is 0 Å². The number of ether oxygens (including phenoxy) is 1. The van der Waals surface area contributed by atoms with Crippen molar-refractivity contribution < 1.29 is 14.1 Å². The van der Waals surface area contributed by atoms with E-state index >= 15 is 0 Å². The smallest absolute Gasteiger partial charge is 0.256 e. The van der Waals surface area contributed by atoms with Gasteiger partial charge < -0.3 is 19.5 Å². The number of aromatic nitrogens is 1. The molecule has 7 heteroatoms. The second kappa shape index (κ2) is 10.1. The number of methoxy groups -OCH3 is 1. The highest BCUT2D eigenvalue weighted by atomic mass is 16.5. The lowest BCUT2D eigenvalue weighted by Gasteiger charge is -2.36. The number of rotatable bonds is 8. The molecular formula is C24H28N4O3. The Labute approximate surface area is 182 Å². The highest BCUT2D eigenvalue weighted by Gasteiger charge is 2.20. The lowest BCUT2D eigenvalue weighted by molar-refractivity contribution is 0.0951. The van der Waals surface area contributed by atoms with E-state index in [1.807, 2.05) is 48.5 Å². The Hall–Kier alpha value is -3.32. The molecule has 0 atom stereocenters. The topological polar surface area (TPSA) is 70.8 Å². The lowest BCUT2D eigenvalue weighted by Crippen LogP contribution is -2.47. The molecule has 1 N–H and O–H groups in total. The number of piperazine rings is 1. The Morgan fingerprint density at radius 3 is 2.58 bits per heavy atom. The summed E-state index contributed by atoms with van der Waals surface area (Å²) in [5.41, 5.74) is 3.07. The third-order valence-electron chi connectivity index (χ3n) is 5.60. The predicted molar refractivity (Wildman–Crippen MR) is 121 cm³/mol. The van der Waals surface area contributed by atoms with Crippen LogP contribution in [0.25, 0.3) is 11.3 Å². The molecule has 1 aliphatic rings. The molecule has 31 heavy (non-hydrogen) atoms. The fourth-order valence-corrected chi connectivity index (χ4v) is 3.91. The highest BCUT2D eigenvalue weighted by molar-refractivity contribution is 5.99. The van der Waals surface area contributed by atoms with E-state index in [4.69, 9.17) is 9.26 Å². The maximum atomic E-state index is 12.6. The SMILES string of the molecule is COc1ccccc1N1CCN(CCCNC(=O)c2conc2-c2ccccc2)CC1. The zero-order valence-corrected chi connectivity index (χ0v) is 17.8. The molecule has 1 fully saturated rings. The first-order valence-electron chi connectivity index (χ1n) is 10.6. The van der Waals surface area contributed by atoms with Gasteiger partial charge in [0.1, 0.15) is 23.3 Å². The van der Waals surface area contributed by atoms with Crippen molar-refractivity contribution in [2.24, 2.45) is 0 Å². The number of nitrogens with zero attached hydrogens (tertiary/aromatic N) is 3. The van der Waals surface area contributed by atoms with Crippen molar-refractivity contribution >= 4 is 11.6 Å². The van der Waals surface area contributed by atoms with Gasteiger partial charge in [-0.15, -0.1) is 0 Å². The molecule has 0 unspecified atom stereocenters. The van der Waals surface area contributed by atoms with E-state index in [1.54, 1.807) is 7.11 Å². The van der Waals surface area contributed by atoms with Gasteiger partial charge in [-0.05, 0) is 25.1 Å². The summed E-state index contributed by atoms with van der Waals surface area (Å²) in [7, 11) is 1.71. The molecule has 2 heterocycles. The first-order chi connectivity index (χ1) is 15.3. The zero-order chi connectivity index (χ0) is 21.5. The Kier molecular flexibility index (Phi) is 6.84. The number of para-hydroxylation sites is 2. The largest absolute Gasteiger partial charge is 0.495 e. The van der Waals surface area contributed by atoms with Crippen LogP contribution in [0.3, 0.4) is 0 Å². The molecule has 162 valence electrons. The van der Waals surface area contributed by atoms with Crippen LogP contribution in [0.1, 0.15) is 16.8 Å². The summed E-state index contributed by atoms with van der Waals surface area (Å²) in [6, 6.07) is 17.7. The normalized spacial score (nSPS) is 14.4. The average Bonchev–Trinajstić information content (AvgIpc) is 3.33. The van der Waals surface area contributed by atoms with E-state index in [1.165, 1.54) is 6.26 Å². The van der Waals surface area contributed by atoms with Gasteiger partial charge in [0.15, 0.2) is 0 Å². The monoisotopic (exact) mass is 420 g/mol. The molecule has 7 nitrogen and oxygen atoms in total. The molecule has 3 aromatic rings. The summed E-state index contributed by atoms with van der Waals surface area (Å²) in [5, 5.41) is 6.99. The number of carbonyl (C=O) groups excluding carboxylic acids is 1. The second-order valence-electron chi connectivity index (χ2n) is 7.55. The van der Waals surface area contributed by atoms with Crippen LogP contribution >= 0.6 is 0 Å². The van der Waals surface area contributed by atoms with Crippen LogP contribution < -0.4 is 15.0 Å². The summed E-state index contributed by atoms with van der Waals surface area (Å²) < 4.78 is 10.5. The first kappa shape index (κ1) is 20.9. The maximum Gasteiger partial charge on any atom is 0.256 e. The minimum atomic E-state index is -0.152. The van der Waals surface area contributed by atoms with Crippen LogP contribution in [-0.4, -0.2) is 62.3 Å². The molecule has 0 saturated carbocycles. The fourth-order valence-electron chi connectivity index (χ4n) is 3.91. The van der Waals surface area contributed by atoms with Gasteiger partial charge in [-0.25, -0.2) is 0 Å². The number of nitrogens with one attached hydrogen (secondary N) is 1. The molecule has 2 aromatic carbocycles. The predicted octanol–water partition coefficient (Wildman–Crippen LogP) is 3.29. The molecule has 1 amide bonds. The summed E-state index contributed by atoms with van der Waals surface area (Å²) in [5.74, 6) is 0.767. The van der Waals surface area contributed by atoms with Crippen molar-refractivity contribution in [3.63, 3.8) is 0 Å². The minimum absolute atomic E-state index is 0.152. The summed E-state index contributed by atoms with van der Waals surface area (Å²) in [6.07, 6.45) is 2.31. The second-order valence-corrected chi connectivity index (χ2v) is 7.55. The maximum absolute atomic E-state index is 12.6. The van der Waals surface area contributed by atoms with Crippen molar-refractivity contribution in [3.8, 4) is 17.0 Å². The van der Waals surface area contributed by atoms with Crippen molar-refractivity contribution in [3.05, 3.63) is 66.4 Å². The molecule has 0 bridgehead atoms. The van der Waals surface area contributed by atoms with E-state index in [2.05, 4.69) is 26.3 Å². The highest BCUT2D eigenvalue weighted by Crippen LogP contribution is 2.28. The van der Waals surface area contributed by atoms with Gasteiger partial charge in [-0.1, -0.05) is 47.6 Å². The fraction of sp³-hybridized carbons (Fsp3) is 0.333. The first-order valence-corrected chi connectivity index (χ1v) is 10.6. The van der Waals surface area contributed by atoms with Crippen LogP contribution in [-0.2, 0) is 0 Å². The number of benzene rings is 2. The van der Waals surface area contributed by atoms with Crippen LogP contribution in [0.4, 0.5) is 5.69 Å². The van der Waals surface area contributed by atoms with Crippen LogP contribution in [0, 0.1) is 0 Å². The molecule has 0 spiro atoms. The molecule has 1 aliphatic heterocycles. The minimum Gasteiger partial charge on any atom is -0.495 e. The van der Waals surface area contributed by atoms with Crippen molar-refractivity contribution in [1.82, 2.24) is 15.4 Å². The Morgan fingerprint density at radius 2 is 1.81 bits per heavy atom. The lowest BCUT2D eigenvalue weighted by atomic mass is 10.1. The molecular weight excluding hydrogens is 392 g/mol. The summed E-state index contributed by atoms with van der Waals surface area (Å²) in [4.78, 5) is 17.4. The molecule has 1 aromatic heterocycles. The summed E-state index contributed by atoms with van der Waals surface area (Å²) in [6.45, 7) is 5.49. The van der Waals surface area contributed by atoms with Crippen molar-refractivity contribution in [2.75, 3.05) is 51.3 Å². The zero-order valence-electron chi connectivity index (χ0n) is 17.8. The molecule has 4 rings (SSSR count). The van der Waals surface area contributed by atoms with E-state index in [9.17, 15) is 4.79 Å². The number of carbonyl (C=O) groups is 1. The third-order valence-corrected chi connectivity index (χ3v) is 5.60. The Bertz CT molecular complexity index is 981. The van der Waals surface area contributed by atoms with E-state index in [0.717, 1.165) is 56.1 Å². The van der Waals surface area contributed by atoms with Gasteiger partial charge in [-0.2, -0.15) is 0 Å². The third kappa shape index (κ3) is 5.06. The van der Waals surface area contributed by atoms with Crippen LogP contribution in [0.2, 0.25) is 0 Å². The number of amides is 1. The quantitative estimate of drug-likeness (QED) is 0.564. The van der Waals surface area contributed by atoms with Gasteiger partial charge >= 0.3 is 0 Å². The van der Waals surface area contributed by atoms with Crippen molar-refractivity contribution in [2.45, 2.75) is 6.42 Å². The van der Waals surface area contributed by atoms with Gasteiger partial charge in [0.25, 0.3) is 5.91 Å². The molecule has 0 aliphatic carbocycles. The number of hydrogen-bond acceptors (Lipinski definition) is 6. The van der Waals surface area contributed by atoms with Gasteiger partial charge in [0, 0.05) is 38.3 Å². The average molecular weight is 421 g/mol. The molecule has 1 saturated heterocycles. The standard InChI is InChI=1S/C24H28N4O3/c1-30-22-11-6-5-10-21(22)28-16-14-27(15-17-28)13-7-12-25-24(29)20-18-31-26-23(20)19-8-3-2-4-9-19/h2-6,8-11,18H,7,12-17H2,1H3,(H,25,29). The van der Waals surface area contributed by atoms with Gasteiger partial charge in [-0.3, -0.25) is 9.69 Å². The Morgan fingerprint density at radius 1 is 1.06 bits per heavy atom. The van der Waals surface area contributed by atoms with Crippen LogP contribution in [0.5, 0.6) is 5.75 Å². The number of anilines is 1. The number of hydrogen-bond donors (Lipinski definition) is 1. The van der Waals surface area contributed by atoms with Crippen molar-refractivity contribution in [1.29, 1.82) is 0 Å². The molecule has 0 radical (unpaired) electrons.